The molecule has 6 nitrogen and oxygen atoms in total. The van der Waals surface area contributed by atoms with Crippen molar-refractivity contribution in [3.8, 4) is 0 Å². The molecule has 0 spiro atoms. The second-order valence-corrected chi connectivity index (χ2v) is 5.22. The number of H-pyrrole nitrogens is 1. The third kappa shape index (κ3) is 2.37. The maximum Gasteiger partial charge on any atom is 0.223 e. The molecule has 3 aromatic rings. The average Bonchev–Trinajstić information content (AvgIpc) is 2.75. The zero-order chi connectivity index (χ0) is 13.4. The molecule has 3 N–H and O–H groups in total. The molecule has 0 saturated carbocycles. The van der Waals surface area contributed by atoms with Crippen LogP contribution in [0.2, 0.25) is 0 Å². The van der Waals surface area contributed by atoms with E-state index in [1.54, 1.807) is 6.33 Å². The number of pyridine rings is 1. The summed E-state index contributed by atoms with van der Waals surface area (Å²) in [6.07, 6.45) is 1.58. The molecule has 7 heteroatoms. The van der Waals surface area contributed by atoms with Gasteiger partial charge in [0.15, 0.2) is 5.65 Å². The number of nitrogens with one attached hydrogen (secondary N) is 1. The van der Waals surface area contributed by atoms with E-state index in [1.807, 2.05) is 26.0 Å². The van der Waals surface area contributed by atoms with Crippen molar-refractivity contribution in [3.05, 3.63) is 29.7 Å². The highest BCUT2D eigenvalue weighted by atomic mass is 32.2. The van der Waals surface area contributed by atoms with Crippen LogP contribution in [0.3, 0.4) is 0 Å². The Morgan fingerprint density at radius 2 is 2.00 bits per heavy atom. The summed E-state index contributed by atoms with van der Waals surface area (Å²) in [6, 6.07) is 4.04. The maximum atomic E-state index is 5.69. The fraction of sp³-hybridized carbons (Fsp3) is 0.167. The molecule has 19 heavy (non-hydrogen) atoms. The fourth-order valence-corrected chi connectivity index (χ4v) is 2.88. The predicted octanol–water partition coefficient (Wildman–Crippen LogP) is 2.10. The average molecular weight is 272 g/mol. The minimum absolute atomic E-state index is 0.214. The lowest BCUT2D eigenvalue weighted by Crippen LogP contribution is -1.97. The lowest BCUT2D eigenvalue weighted by molar-refractivity contribution is 1.03. The largest absolute Gasteiger partial charge is 0.368 e. The first kappa shape index (κ1) is 11.9. The van der Waals surface area contributed by atoms with E-state index in [0.29, 0.717) is 5.65 Å². The van der Waals surface area contributed by atoms with Crippen LogP contribution in [0.5, 0.6) is 0 Å². The van der Waals surface area contributed by atoms with Crippen LogP contribution in [-0.2, 0) is 0 Å². The molecule has 0 bridgehead atoms. The zero-order valence-electron chi connectivity index (χ0n) is 10.5. The molecular formula is C12H12N6S. The molecular weight excluding hydrogens is 260 g/mol. The number of nitrogen functional groups attached to an aromatic ring is 1. The first-order valence-electron chi connectivity index (χ1n) is 5.71. The summed E-state index contributed by atoms with van der Waals surface area (Å²) in [5.74, 6) is 0.214. The monoisotopic (exact) mass is 272 g/mol. The van der Waals surface area contributed by atoms with Crippen LogP contribution < -0.4 is 5.73 Å². The van der Waals surface area contributed by atoms with E-state index in [4.69, 9.17) is 5.73 Å². The summed E-state index contributed by atoms with van der Waals surface area (Å²) in [5, 5.41) is 1.61. The van der Waals surface area contributed by atoms with Gasteiger partial charge in [0.05, 0.1) is 6.33 Å². The standard InChI is InChI=1S/C12H12N6S/c1-6-3-7(2)16-8(4-6)19-11-9-10(15-5-14-9)17-12(13)18-11/h3-5H,1-2H3,(H3,13,14,15,17,18). The first-order valence-corrected chi connectivity index (χ1v) is 6.53. The third-order valence-electron chi connectivity index (χ3n) is 2.55. The van der Waals surface area contributed by atoms with Crippen LogP contribution in [0.15, 0.2) is 28.5 Å². The highest BCUT2D eigenvalue weighted by Crippen LogP contribution is 2.29. The number of nitrogens with zero attached hydrogens (tertiary/aromatic N) is 4. The van der Waals surface area contributed by atoms with Gasteiger partial charge < -0.3 is 10.7 Å². The van der Waals surface area contributed by atoms with Gasteiger partial charge in [0.25, 0.3) is 0 Å². The van der Waals surface area contributed by atoms with E-state index in [2.05, 4.69) is 24.9 Å². The molecule has 3 rings (SSSR count). The molecule has 0 aliphatic carbocycles. The van der Waals surface area contributed by atoms with Gasteiger partial charge in [-0.3, -0.25) is 0 Å². The smallest absolute Gasteiger partial charge is 0.223 e. The molecule has 96 valence electrons. The Kier molecular flexibility index (Phi) is 2.83. The number of aryl methyl sites for hydroxylation is 2. The van der Waals surface area contributed by atoms with Gasteiger partial charge in [-0.25, -0.2) is 15.0 Å². The molecule has 3 aromatic heterocycles. The van der Waals surface area contributed by atoms with Crippen molar-refractivity contribution in [1.82, 2.24) is 24.9 Å². The van der Waals surface area contributed by atoms with Gasteiger partial charge in [0, 0.05) is 5.69 Å². The number of hydrogen-bond donors (Lipinski definition) is 2. The number of anilines is 1. The van der Waals surface area contributed by atoms with Gasteiger partial charge in [0.1, 0.15) is 15.6 Å². The van der Waals surface area contributed by atoms with E-state index in [1.165, 1.54) is 11.8 Å². The second kappa shape index (κ2) is 4.51. The maximum absolute atomic E-state index is 5.69. The number of aromatic amines is 1. The van der Waals surface area contributed by atoms with Crippen LogP contribution in [0.1, 0.15) is 11.3 Å². The van der Waals surface area contributed by atoms with Gasteiger partial charge in [0.2, 0.25) is 5.95 Å². The van der Waals surface area contributed by atoms with E-state index >= 15 is 0 Å². The summed E-state index contributed by atoms with van der Waals surface area (Å²) < 4.78 is 0. The van der Waals surface area contributed by atoms with Gasteiger partial charge in [-0.05, 0) is 43.3 Å². The van der Waals surface area contributed by atoms with Crippen LogP contribution in [-0.4, -0.2) is 24.9 Å². The van der Waals surface area contributed by atoms with Crippen LogP contribution in [0.4, 0.5) is 5.95 Å². The summed E-state index contributed by atoms with van der Waals surface area (Å²) in [7, 11) is 0. The minimum atomic E-state index is 0.214. The summed E-state index contributed by atoms with van der Waals surface area (Å²) in [6.45, 7) is 4.01. The molecule has 0 aromatic carbocycles. The molecule has 0 radical (unpaired) electrons. The van der Waals surface area contributed by atoms with Crippen LogP contribution in [0.25, 0.3) is 11.2 Å². The van der Waals surface area contributed by atoms with Crippen molar-refractivity contribution in [3.63, 3.8) is 0 Å². The number of hydrogen-bond acceptors (Lipinski definition) is 6. The van der Waals surface area contributed by atoms with E-state index in [0.717, 1.165) is 26.8 Å². The molecule has 0 aliphatic heterocycles. The van der Waals surface area contributed by atoms with E-state index in [9.17, 15) is 0 Å². The Bertz CT molecular complexity index is 731. The van der Waals surface area contributed by atoms with E-state index in [-0.39, 0.29) is 5.95 Å². The van der Waals surface area contributed by atoms with Gasteiger partial charge in [-0.1, -0.05) is 0 Å². The number of nitrogens with two attached hydrogens (primary N) is 1. The molecule has 0 fully saturated rings. The van der Waals surface area contributed by atoms with Crippen molar-refractivity contribution in [2.24, 2.45) is 0 Å². The Morgan fingerprint density at radius 3 is 2.79 bits per heavy atom. The lowest BCUT2D eigenvalue weighted by Gasteiger charge is -2.04. The molecule has 0 amide bonds. The predicted molar refractivity (Wildman–Crippen MR) is 73.9 cm³/mol. The third-order valence-corrected chi connectivity index (χ3v) is 3.45. The Morgan fingerprint density at radius 1 is 1.16 bits per heavy atom. The molecule has 0 unspecified atom stereocenters. The molecule has 0 aliphatic rings. The van der Waals surface area contributed by atoms with Crippen molar-refractivity contribution >= 4 is 28.9 Å². The topological polar surface area (TPSA) is 93.4 Å². The van der Waals surface area contributed by atoms with Crippen molar-refractivity contribution in [1.29, 1.82) is 0 Å². The highest BCUT2D eigenvalue weighted by molar-refractivity contribution is 7.99. The Balaban J connectivity index is 2.07. The number of rotatable bonds is 2. The highest BCUT2D eigenvalue weighted by Gasteiger charge is 2.11. The zero-order valence-corrected chi connectivity index (χ0v) is 11.3. The quantitative estimate of drug-likeness (QED) is 0.694. The Hall–Kier alpha value is -2.15. The minimum Gasteiger partial charge on any atom is -0.368 e. The summed E-state index contributed by atoms with van der Waals surface area (Å²) in [4.78, 5) is 19.9. The molecule has 3 heterocycles. The van der Waals surface area contributed by atoms with Crippen LogP contribution in [0, 0.1) is 13.8 Å². The van der Waals surface area contributed by atoms with Crippen molar-refractivity contribution in [2.45, 2.75) is 23.9 Å². The van der Waals surface area contributed by atoms with E-state index < -0.39 is 0 Å². The number of aromatic nitrogens is 5. The van der Waals surface area contributed by atoms with Crippen molar-refractivity contribution in [2.75, 3.05) is 5.73 Å². The van der Waals surface area contributed by atoms with Gasteiger partial charge in [-0.2, -0.15) is 4.98 Å². The summed E-state index contributed by atoms with van der Waals surface area (Å²) in [5.41, 5.74) is 9.18. The second-order valence-electron chi connectivity index (χ2n) is 4.21. The normalized spacial score (nSPS) is 11.1. The summed E-state index contributed by atoms with van der Waals surface area (Å²) >= 11 is 1.45. The fourth-order valence-electron chi connectivity index (χ4n) is 1.85. The number of imidazole rings is 1. The SMILES string of the molecule is Cc1cc(C)nc(Sc2nc(N)nc3nc[nH]c23)c1. The van der Waals surface area contributed by atoms with Crippen LogP contribution >= 0.6 is 11.8 Å². The van der Waals surface area contributed by atoms with Gasteiger partial charge >= 0.3 is 0 Å². The lowest BCUT2D eigenvalue weighted by atomic mass is 10.3. The Labute approximate surface area is 113 Å². The van der Waals surface area contributed by atoms with Crippen molar-refractivity contribution < 1.29 is 0 Å². The van der Waals surface area contributed by atoms with Gasteiger partial charge in [-0.15, -0.1) is 0 Å². The number of fused-ring (bicyclic) bond motifs is 1. The first-order chi connectivity index (χ1) is 9.11. The molecule has 0 saturated heterocycles. The molecule has 0 atom stereocenters.